The predicted octanol–water partition coefficient (Wildman–Crippen LogP) is 2.74. The van der Waals surface area contributed by atoms with Gasteiger partial charge in [-0.2, -0.15) is 0 Å². The van der Waals surface area contributed by atoms with Crippen molar-refractivity contribution >= 4 is 11.9 Å². The average Bonchev–Trinajstić information content (AvgIpc) is 2.55. The summed E-state index contributed by atoms with van der Waals surface area (Å²) in [6.07, 6.45) is 2.14. The fourth-order valence-corrected chi connectivity index (χ4v) is 2.26. The Morgan fingerprint density at radius 2 is 2.04 bits per heavy atom. The number of aliphatic imine (C=N–C) groups is 1. The second-order valence-electron chi connectivity index (χ2n) is 5.55. The van der Waals surface area contributed by atoms with Gasteiger partial charge in [-0.05, 0) is 37.8 Å². The van der Waals surface area contributed by atoms with Crippen LogP contribution in [0.2, 0.25) is 0 Å². The second kappa shape index (κ2) is 10.6. The Hall–Kier alpha value is -2.04. The number of aryl methyl sites for hydroxylation is 1. The van der Waals surface area contributed by atoms with Gasteiger partial charge in [0.1, 0.15) is 0 Å². The molecule has 0 saturated heterocycles. The Kier molecular flexibility index (Phi) is 8.80. The number of carbonyl (C=O) groups excluding carboxylic acids is 1. The number of rotatable bonds is 8. The first-order valence-electron chi connectivity index (χ1n) is 8.19. The summed E-state index contributed by atoms with van der Waals surface area (Å²) in [7, 11) is 3.46. The molecule has 0 fully saturated rings. The van der Waals surface area contributed by atoms with Crippen molar-refractivity contribution in [3.63, 3.8) is 0 Å². The first kappa shape index (κ1) is 19.0. The molecule has 0 unspecified atom stereocenters. The molecule has 0 saturated carbocycles. The van der Waals surface area contributed by atoms with Crippen molar-refractivity contribution in [3.8, 4) is 0 Å². The molecule has 0 spiro atoms. The molecule has 1 aromatic rings. The van der Waals surface area contributed by atoms with Gasteiger partial charge in [-0.15, -0.1) is 0 Å². The Morgan fingerprint density at radius 1 is 1.30 bits per heavy atom. The lowest BCUT2D eigenvalue weighted by atomic mass is 10.1. The van der Waals surface area contributed by atoms with Crippen LogP contribution in [0.3, 0.4) is 0 Å². The summed E-state index contributed by atoms with van der Waals surface area (Å²) in [5, 5.41) is 3.32. The van der Waals surface area contributed by atoms with Crippen LogP contribution in [0, 0.1) is 6.92 Å². The molecule has 0 heterocycles. The topological polar surface area (TPSA) is 53.9 Å². The number of unbranched alkanes of at least 4 members (excludes halogenated alkanes) is 1. The van der Waals surface area contributed by atoms with Gasteiger partial charge < -0.3 is 15.0 Å². The van der Waals surface area contributed by atoms with Gasteiger partial charge in [0.15, 0.2) is 5.96 Å². The summed E-state index contributed by atoms with van der Waals surface area (Å²) in [5.74, 6) is 0.742. The minimum atomic E-state index is -0.155. The number of methoxy groups -OCH3 is 1. The molecule has 1 rings (SSSR count). The number of benzene rings is 1. The molecule has 1 aromatic carbocycles. The highest BCUT2D eigenvalue weighted by molar-refractivity contribution is 5.79. The maximum absolute atomic E-state index is 11.1. The van der Waals surface area contributed by atoms with Crippen molar-refractivity contribution in [2.24, 2.45) is 4.99 Å². The first-order valence-corrected chi connectivity index (χ1v) is 8.19. The van der Waals surface area contributed by atoms with E-state index in [-0.39, 0.29) is 5.97 Å². The van der Waals surface area contributed by atoms with Crippen molar-refractivity contribution in [1.29, 1.82) is 0 Å². The van der Waals surface area contributed by atoms with E-state index in [4.69, 9.17) is 0 Å². The standard InChI is InChI=1S/C18H29N3O2/c1-5-19-18(20-13-9-8-12-17(22)23-4)21(3)14-16-11-7-6-10-15(16)2/h6-7,10-11H,5,8-9,12-14H2,1-4H3,(H,19,20). The zero-order valence-corrected chi connectivity index (χ0v) is 14.8. The van der Waals surface area contributed by atoms with Gasteiger partial charge in [0.25, 0.3) is 0 Å². The maximum atomic E-state index is 11.1. The third kappa shape index (κ3) is 7.17. The van der Waals surface area contributed by atoms with Gasteiger partial charge in [-0.1, -0.05) is 24.3 Å². The minimum absolute atomic E-state index is 0.155. The maximum Gasteiger partial charge on any atom is 0.305 e. The van der Waals surface area contributed by atoms with Crippen molar-refractivity contribution in [3.05, 3.63) is 35.4 Å². The van der Waals surface area contributed by atoms with Gasteiger partial charge in [0.05, 0.1) is 7.11 Å². The molecular formula is C18H29N3O2. The number of carbonyl (C=O) groups is 1. The van der Waals surface area contributed by atoms with E-state index in [1.54, 1.807) is 0 Å². The molecule has 0 aliphatic heterocycles. The van der Waals surface area contributed by atoms with Crippen LogP contribution in [0.15, 0.2) is 29.3 Å². The van der Waals surface area contributed by atoms with Gasteiger partial charge in [-0.3, -0.25) is 9.79 Å². The summed E-state index contributed by atoms with van der Waals surface area (Å²) in [6, 6.07) is 8.39. The van der Waals surface area contributed by atoms with Crippen LogP contribution < -0.4 is 5.32 Å². The number of nitrogens with one attached hydrogen (secondary N) is 1. The fraction of sp³-hybridized carbons (Fsp3) is 0.556. The van der Waals surface area contributed by atoms with Crippen LogP contribution in [-0.4, -0.2) is 44.1 Å². The quantitative estimate of drug-likeness (QED) is 0.346. The van der Waals surface area contributed by atoms with E-state index >= 15 is 0 Å². The number of guanidine groups is 1. The van der Waals surface area contributed by atoms with E-state index in [0.29, 0.717) is 13.0 Å². The van der Waals surface area contributed by atoms with Crippen LogP contribution in [0.25, 0.3) is 0 Å². The number of nitrogens with zero attached hydrogens (tertiary/aromatic N) is 2. The SMILES string of the molecule is CCNC(=NCCCCC(=O)OC)N(C)Cc1ccccc1C. The number of hydrogen-bond donors (Lipinski definition) is 1. The van der Waals surface area contributed by atoms with Crippen LogP contribution in [0.4, 0.5) is 0 Å². The molecule has 128 valence electrons. The van der Waals surface area contributed by atoms with Crippen LogP contribution in [0.1, 0.15) is 37.3 Å². The first-order chi connectivity index (χ1) is 11.1. The van der Waals surface area contributed by atoms with Crippen LogP contribution >= 0.6 is 0 Å². The van der Waals surface area contributed by atoms with Gasteiger partial charge >= 0.3 is 5.97 Å². The summed E-state index contributed by atoms with van der Waals surface area (Å²) >= 11 is 0. The summed E-state index contributed by atoms with van der Waals surface area (Å²) in [5.41, 5.74) is 2.58. The molecule has 5 nitrogen and oxygen atoms in total. The molecule has 0 atom stereocenters. The van der Waals surface area contributed by atoms with E-state index in [1.165, 1.54) is 18.2 Å². The molecule has 0 radical (unpaired) electrons. The lowest BCUT2D eigenvalue weighted by Crippen LogP contribution is -2.38. The van der Waals surface area contributed by atoms with Gasteiger partial charge in [-0.25, -0.2) is 0 Å². The highest BCUT2D eigenvalue weighted by Crippen LogP contribution is 2.09. The Bertz CT molecular complexity index is 515. The Morgan fingerprint density at radius 3 is 2.70 bits per heavy atom. The van der Waals surface area contributed by atoms with Crippen molar-refractivity contribution in [2.45, 2.75) is 39.7 Å². The smallest absolute Gasteiger partial charge is 0.305 e. The fourth-order valence-electron chi connectivity index (χ4n) is 2.26. The van der Waals surface area contributed by atoms with E-state index < -0.39 is 0 Å². The highest BCUT2D eigenvalue weighted by Gasteiger charge is 2.07. The monoisotopic (exact) mass is 319 g/mol. The lowest BCUT2D eigenvalue weighted by Gasteiger charge is -2.23. The molecule has 0 aliphatic carbocycles. The lowest BCUT2D eigenvalue weighted by molar-refractivity contribution is -0.140. The molecule has 0 bridgehead atoms. The number of ether oxygens (including phenoxy) is 1. The third-order valence-electron chi connectivity index (χ3n) is 3.64. The average molecular weight is 319 g/mol. The zero-order chi connectivity index (χ0) is 17.1. The normalized spacial score (nSPS) is 11.2. The van der Waals surface area contributed by atoms with Crippen molar-refractivity contribution in [2.75, 3.05) is 27.2 Å². The summed E-state index contributed by atoms with van der Waals surface area (Å²) in [6.45, 7) is 6.55. The molecule has 23 heavy (non-hydrogen) atoms. The largest absolute Gasteiger partial charge is 0.469 e. The van der Waals surface area contributed by atoms with Crippen molar-refractivity contribution < 1.29 is 9.53 Å². The molecule has 0 amide bonds. The Labute approximate surface area is 139 Å². The number of hydrogen-bond acceptors (Lipinski definition) is 3. The molecule has 5 heteroatoms. The van der Waals surface area contributed by atoms with Crippen LogP contribution in [-0.2, 0) is 16.1 Å². The predicted molar refractivity (Wildman–Crippen MR) is 94.5 cm³/mol. The highest BCUT2D eigenvalue weighted by atomic mass is 16.5. The van der Waals surface area contributed by atoms with E-state index in [1.807, 2.05) is 7.05 Å². The van der Waals surface area contributed by atoms with Gasteiger partial charge in [0.2, 0.25) is 0 Å². The van der Waals surface area contributed by atoms with E-state index in [2.05, 4.69) is 58.1 Å². The van der Waals surface area contributed by atoms with Gasteiger partial charge in [0, 0.05) is 33.1 Å². The minimum Gasteiger partial charge on any atom is -0.469 e. The molecule has 1 N–H and O–H groups in total. The third-order valence-corrected chi connectivity index (χ3v) is 3.64. The summed E-state index contributed by atoms with van der Waals surface area (Å²) < 4.78 is 4.64. The molecule has 0 aromatic heterocycles. The Balaban J connectivity index is 2.53. The number of esters is 1. The zero-order valence-electron chi connectivity index (χ0n) is 14.8. The second-order valence-corrected chi connectivity index (χ2v) is 5.55. The molecular weight excluding hydrogens is 290 g/mol. The van der Waals surface area contributed by atoms with E-state index in [9.17, 15) is 4.79 Å². The van der Waals surface area contributed by atoms with E-state index in [0.717, 1.165) is 31.9 Å². The van der Waals surface area contributed by atoms with Crippen molar-refractivity contribution in [1.82, 2.24) is 10.2 Å². The van der Waals surface area contributed by atoms with Crippen LogP contribution in [0.5, 0.6) is 0 Å². The summed E-state index contributed by atoms with van der Waals surface area (Å²) in [4.78, 5) is 17.8. The molecule has 0 aliphatic rings.